The molecule has 4 heteroatoms. The van der Waals surface area contributed by atoms with Crippen molar-refractivity contribution in [2.24, 2.45) is 5.92 Å². The SMILES string of the molecule is Cc1ccc2c(c1)[C@H](NCCc1nnc3ccccn13)[C@@H](C)C2. The zero-order valence-electron chi connectivity index (χ0n) is 13.7. The van der Waals surface area contributed by atoms with Crippen LogP contribution in [0.25, 0.3) is 5.65 Å². The molecule has 2 heterocycles. The first kappa shape index (κ1) is 14.4. The Bertz CT molecular complexity index is 836. The number of nitrogens with zero attached hydrogens (tertiary/aromatic N) is 3. The van der Waals surface area contributed by atoms with Gasteiger partial charge in [0.2, 0.25) is 0 Å². The average Bonchev–Trinajstić information content (AvgIpc) is 3.09. The van der Waals surface area contributed by atoms with Crippen LogP contribution in [-0.2, 0) is 12.8 Å². The maximum absolute atomic E-state index is 4.31. The largest absolute Gasteiger partial charge is 0.309 e. The second-order valence-electron chi connectivity index (χ2n) is 6.61. The van der Waals surface area contributed by atoms with Crippen LogP contribution in [0.3, 0.4) is 0 Å². The summed E-state index contributed by atoms with van der Waals surface area (Å²) in [4.78, 5) is 0. The van der Waals surface area contributed by atoms with Gasteiger partial charge in [0, 0.05) is 25.2 Å². The molecular formula is C19H22N4. The highest BCUT2D eigenvalue weighted by Crippen LogP contribution is 2.36. The summed E-state index contributed by atoms with van der Waals surface area (Å²) >= 11 is 0. The number of hydrogen-bond donors (Lipinski definition) is 1. The number of benzene rings is 1. The van der Waals surface area contributed by atoms with Crippen LogP contribution in [0.2, 0.25) is 0 Å². The molecule has 1 aliphatic carbocycles. The number of aryl methyl sites for hydroxylation is 1. The topological polar surface area (TPSA) is 42.2 Å². The van der Waals surface area contributed by atoms with E-state index in [9.17, 15) is 0 Å². The Morgan fingerprint density at radius 2 is 2.13 bits per heavy atom. The van der Waals surface area contributed by atoms with E-state index in [4.69, 9.17) is 0 Å². The summed E-state index contributed by atoms with van der Waals surface area (Å²) in [5, 5.41) is 12.3. The first-order valence-electron chi connectivity index (χ1n) is 8.34. The first-order valence-corrected chi connectivity index (χ1v) is 8.34. The second-order valence-corrected chi connectivity index (χ2v) is 6.61. The fourth-order valence-corrected chi connectivity index (χ4v) is 3.67. The quantitative estimate of drug-likeness (QED) is 0.805. The van der Waals surface area contributed by atoms with E-state index in [-0.39, 0.29) is 0 Å². The highest BCUT2D eigenvalue weighted by molar-refractivity contribution is 5.39. The number of hydrogen-bond acceptors (Lipinski definition) is 3. The van der Waals surface area contributed by atoms with Crippen molar-refractivity contribution in [1.82, 2.24) is 19.9 Å². The molecule has 1 aromatic carbocycles. The molecule has 4 nitrogen and oxygen atoms in total. The summed E-state index contributed by atoms with van der Waals surface area (Å²) in [5.41, 5.74) is 5.22. The predicted molar refractivity (Wildman–Crippen MR) is 91.5 cm³/mol. The van der Waals surface area contributed by atoms with E-state index < -0.39 is 0 Å². The molecule has 0 bridgehead atoms. The van der Waals surface area contributed by atoms with Crippen molar-refractivity contribution >= 4 is 5.65 Å². The zero-order chi connectivity index (χ0) is 15.8. The van der Waals surface area contributed by atoms with Gasteiger partial charge in [0.25, 0.3) is 0 Å². The van der Waals surface area contributed by atoms with Gasteiger partial charge in [0.05, 0.1) is 0 Å². The number of rotatable bonds is 4. The molecule has 1 N–H and O–H groups in total. The molecule has 118 valence electrons. The lowest BCUT2D eigenvalue weighted by Gasteiger charge is -2.19. The van der Waals surface area contributed by atoms with E-state index >= 15 is 0 Å². The third kappa shape index (κ3) is 2.63. The number of fused-ring (bicyclic) bond motifs is 2. The van der Waals surface area contributed by atoms with Gasteiger partial charge in [-0.05, 0) is 42.5 Å². The van der Waals surface area contributed by atoms with E-state index in [1.165, 1.54) is 23.1 Å². The number of pyridine rings is 1. The standard InChI is InChI=1S/C19H22N4/c1-13-6-7-15-12-14(2)19(16(15)11-13)20-9-8-18-22-21-17-5-3-4-10-23(17)18/h3-7,10-11,14,19-20H,8-9,12H2,1-2H3/t14-,19+/m0/s1. The van der Waals surface area contributed by atoms with Crippen molar-refractivity contribution in [2.45, 2.75) is 32.7 Å². The van der Waals surface area contributed by atoms with Crippen molar-refractivity contribution in [1.29, 1.82) is 0 Å². The van der Waals surface area contributed by atoms with Crippen molar-refractivity contribution < 1.29 is 0 Å². The van der Waals surface area contributed by atoms with Gasteiger partial charge in [0.15, 0.2) is 5.65 Å². The third-order valence-corrected chi connectivity index (χ3v) is 4.84. The lowest BCUT2D eigenvalue weighted by Crippen LogP contribution is -2.26. The Morgan fingerprint density at radius 1 is 1.22 bits per heavy atom. The molecule has 0 saturated heterocycles. The fraction of sp³-hybridized carbons (Fsp3) is 0.368. The number of nitrogens with one attached hydrogen (secondary N) is 1. The molecule has 0 spiro atoms. The van der Waals surface area contributed by atoms with E-state index in [2.05, 4.69) is 52.0 Å². The Kier molecular flexibility index (Phi) is 3.62. The Hall–Kier alpha value is -2.20. The van der Waals surface area contributed by atoms with Gasteiger partial charge < -0.3 is 5.32 Å². The highest BCUT2D eigenvalue weighted by Gasteiger charge is 2.28. The van der Waals surface area contributed by atoms with Gasteiger partial charge in [0.1, 0.15) is 5.82 Å². The summed E-state index contributed by atoms with van der Waals surface area (Å²) < 4.78 is 2.07. The van der Waals surface area contributed by atoms with Crippen LogP contribution < -0.4 is 5.32 Å². The molecule has 0 radical (unpaired) electrons. The smallest absolute Gasteiger partial charge is 0.160 e. The minimum Gasteiger partial charge on any atom is -0.309 e. The van der Waals surface area contributed by atoms with Gasteiger partial charge >= 0.3 is 0 Å². The molecule has 2 atom stereocenters. The summed E-state index contributed by atoms with van der Waals surface area (Å²) in [6, 6.07) is 13.3. The van der Waals surface area contributed by atoms with Crippen LogP contribution in [0, 0.1) is 12.8 Å². The normalized spacial score (nSPS) is 20.1. The van der Waals surface area contributed by atoms with Crippen LogP contribution in [0.4, 0.5) is 0 Å². The van der Waals surface area contributed by atoms with Gasteiger partial charge in [-0.25, -0.2) is 0 Å². The monoisotopic (exact) mass is 306 g/mol. The summed E-state index contributed by atoms with van der Waals surface area (Å²) in [5.74, 6) is 1.66. The van der Waals surface area contributed by atoms with Gasteiger partial charge in [-0.15, -0.1) is 10.2 Å². The fourth-order valence-electron chi connectivity index (χ4n) is 3.67. The minimum atomic E-state index is 0.448. The van der Waals surface area contributed by atoms with Crippen molar-refractivity contribution in [3.63, 3.8) is 0 Å². The molecule has 0 amide bonds. The molecule has 1 aliphatic rings. The molecule has 2 aromatic heterocycles. The molecular weight excluding hydrogens is 284 g/mol. The second kappa shape index (κ2) is 5.78. The summed E-state index contributed by atoms with van der Waals surface area (Å²) in [6.45, 7) is 5.42. The maximum Gasteiger partial charge on any atom is 0.160 e. The minimum absolute atomic E-state index is 0.448. The van der Waals surface area contributed by atoms with Gasteiger partial charge in [-0.1, -0.05) is 36.8 Å². The highest BCUT2D eigenvalue weighted by atomic mass is 15.2. The van der Waals surface area contributed by atoms with E-state index in [1.807, 2.05) is 24.4 Å². The van der Waals surface area contributed by atoms with E-state index in [0.717, 1.165) is 24.4 Å². The van der Waals surface area contributed by atoms with E-state index in [1.54, 1.807) is 0 Å². The molecule has 3 aromatic rings. The third-order valence-electron chi connectivity index (χ3n) is 4.84. The van der Waals surface area contributed by atoms with Crippen LogP contribution >= 0.6 is 0 Å². The van der Waals surface area contributed by atoms with Gasteiger partial charge in [-0.3, -0.25) is 4.40 Å². The van der Waals surface area contributed by atoms with E-state index in [0.29, 0.717) is 12.0 Å². The molecule has 23 heavy (non-hydrogen) atoms. The lowest BCUT2D eigenvalue weighted by molar-refractivity contribution is 0.417. The van der Waals surface area contributed by atoms with Crippen molar-refractivity contribution in [2.75, 3.05) is 6.54 Å². The molecule has 0 aliphatic heterocycles. The lowest BCUT2D eigenvalue weighted by atomic mass is 10.0. The Labute approximate surface area is 136 Å². The van der Waals surface area contributed by atoms with Crippen LogP contribution in [0.5, 0.6) is 0 Å². The van der Waals surface area contributed by atoms with Crippen molar-refractivity contribution in [3.8, 4) is 0 Å². The van der Waals surface area contributed by atoms with Crippen LogP contribution in [-0.4, -0.2) is 21.1 Å². The average molecular weight is 306 g/mol. The summed E-state index contributed by atoms with van der Waals surface area (Å²) in [6.07, 6.45) is 4.08. The molecule has 0 fully saturated rings. The predicted octanol–water partition coefficient (Wildman–Crippen LogP) is 3.10. The van der Waals surface area contributed by atoms with Gasteiger partial charge in [-0.2, -0.15) is 0 Å². The first-order chi connectivity index (χ1) is 11.2. The zero-order valence-corrected chi connectivity index (χ0v) is 13.7. The summed E-state index contributed by atoms with van der Waals surface area (Å²) in [7, 11) is 0. The molecule has 0 saturated carbocycles. The molecule has 4 rings (SSSR count). The maximum atomic E-state index is 4.31. The Morgan fingerprint density at radius 3 is 3.04 bits per heavy atom. The molecule has 0 unspecified atom stereocenters. The Balaban J connectivity index is 1.47. The van der Waals surface area contributed by atoms with Crippen LogP contribution in [0.15, 0.2) is 42.6 Å². The van der Waals surface area contributed by atoms with Crippen LogP contribution in [0.1, 0.15) is 35.5 Å². The van der Waals surface area contributed by atoms with Crippen molar-refractivity contribution in [3.05, 3.63) is 65.1 Å². The number of aromatic nitrogens is 3.